The Morgan fingerprint density at radius 2 is 1.94 bits per heavy atom. The molecule has 1 rings (SSSR count). The Morgan fingerprint density at radius 3 is 2.56 bits per heavy atom. The highest BCUT2D eigenvalue weighted by molar-refractivity contribution is 5.71. The lowest BCUT2D eigenvalue weighted by atomic mass is 10.1. The molecular weight excluding hydrogens is 206 g/mol. The van der Waals surface area contributed by atoms with Gasteiger partial charge in [0.05, 0.1) is 0 Å². The fourth-order valence-corrected chi connectivity index (χ4v) is 1.42. The predicted molar refractivity (Wildman–Crippen MR) is 61.0 cm³/mol. The van der Waals surface area contributed by atoms with E-state index in [1.807, 2.05) is 18.2 Å². The quantitative estimate of drug-likeness (QED) is 0.476. The summed E-state index contributed by atoms with van der Waals surface area (Å²) in [6.45, 7) is 0.514. The zero-order chi connectivity index (χ0) is 11.8. The molecule has 1 atom stereocenters. The summed E-state index contributed by atoms with van der Waals surface area (Å²) in [5, 5.41) is 19.9. The molecule has 0 bridgehead atoms. The Bertz CT molecular complexity index is 313. The summed E-state index contributed by atoms with van der Waals surface area (Å²) in [6.07, 6.45) is 1.35. The van der Waals surface area contributed by atoms with Gasteiger partial charge in [0, 0.05) is 0 Å². The molecule has 0 spiro atoms. The van der Waals surface area contributed by atoms with E-state index in [2.05, 4.69) is 17.4 Å². The number of aryl methyl sites for hydroxylation is 1. The molecule has 1 aromatic rings. The standard InChI is InChI=1S/C12H17NO3/c14-11(12(15)16)13-9-5-4-8-10-6-2-1-3-7-10/h1-3,6-7,11,13-14H,4-5,8-9H2,(H,15,16). The highest BCUT2D eigenvalue weighted by Gasteiger charge is 2.10. The van der Waals surface area contributed by atoms with Crippen molar-refractivity contribution in [3.05, 3.63) is 35.9 Å². The van der Waals surface area contributed by atoms with Crippen molar-refractivity contribution in [1.82, 2.24) is 5.32 Å². The van der Waals surface area contributed by atoms with E-state index in [1.54, 1.807) is 0 Å². The Kier molecular flexibility index (Phi) is 5.53. The van der Waals surface area contributed by atoms with Gasteiger partial charge < -0.3 is 10.2 Å². The lowest BCUT2D eigenvalue weighted by Crippen LogP contribution is -2.36. The molecule has 0 amide bonds. The monoisotopic (exact) mass is 223 g/mol. The Hall–Kier alpha value is -1.39. The number of carboxylic acid groups (broad SMARTS) is 1. The van der Waals surface area contributed by atoms with Crippen molar-refractivity contribution in [3.8, 4) is 0 Å². The molecule has 4 nitrogen and oxygen atoms in total. The van der Waals surface area contributed by atoms with Crippen molar-refractivity contribution >= 4 is 5.97 Å². The van der Waals surface area contributed by atoms with Crippen LogP contribution in [0.5, 0.6) is 0 Å². The number of aliphatic carboxylic acids is 1. The highest BCUT2D eigenvalue weighted by atomic mass is 16.4. The molecule has 0 aliphatic carbocycles. The van der Waals surface area contributed by atoms with Crippen LogP contribution < -0.4 is 5.32 Å². The van der Waals surface area contributed by atoms with Crippen LogP contribution in [0, 0.1) is 0 Å². The molecule has 0 aliphatic rings. The lowest BCUT2D eigenvalue weighted by molar-refractivity contribution is -0.148. The molecule has 0 aromatic heterocycles. The van der Waals surface area contributed by atoms with Crippen LogP contribution in [-0.2, 0) is 11.2 Å². The van der Waals surface area contributed by atoms with E-state index < -0.39 is 12.2 Å². The number of rotatable bonds is 7. The largest absolute Gasteiger partial charge is 0.478 e. The van der Waals surface area contributed by atoms with Crippen LogP contribution in [0.3, 0.4) is 0 Å². The molecule has 16 heavy (non-hydrogen) atoms. The van der Waals surface area contributed by atoms with Gasteiger partial charge >= 0.3 is 5.97 Å². The zero-order valence-electron chi connectivity index (χ0n) is 9.10. The molecule has 1 unspecified atom stereocenters. The minimum Gasteiger partial charge on any atom is -0.478 e. The number of carbonyl (C=O) groups is 1. The molecule has 4 heteroatoms. The number of aliphatic hydroxyl groups is 1. The van der Waals surface area contributed by atoms with Crippen LogP contribution in [0.15, 0.2) is 30.3 Å². The smallest absolute Gasteiger partial charge is 0.347 e. The van der Waals surface area contributed by atoms with Crippen LogP contribution >= 0.6 is 0 Å². The van der Waals surface area contributed by atoms with Gasteiger partial charge in [-0.2, -0.15) is 0 Å². The first-order valence-electron chi connectivity index (χ1n) is 5.38. The predicted octanol–water partition coefficient (Wildman–Crippen LogP) is 1.00. The maximum atomic E-state index is 10.3. The molecule has 0 heterocycles. The van der Waals surface area contributed by atoms with Gasteiger partial charge in [-0.3, -0.25) is 5.32 Å². The third kappa shape index (κ3) is 4.91. The van der Waals surface area contributed by atoms with Gasteiger partial charge in [-0.1, -0.05) is 30.3 Å². The number of benzene rings is 1. The average molecular weight is 223 g/mol. The van der Waals surface area contributed by atoms with E-state index in [1.165, 1.54) is 5.56 Å². The summed E-state index contributed by atoms with van der Waals surface area (Å²) in [5.74, 6) is -1.23. The van der Waals surface area contributed by atoms with E-state index in [0.717, 1.165) is 19.3 Å². The summed E-state index contributed by atoms with van der Waals surface area (Å²) in [6, 6.07) is 10.1. The van der Waals surface area contributed by atoms with Crippen LogP contribution in [-0.4, -0.2) is 29.0 Å². The average Bonchev–Trinajstić information content (AvgIpc) is 2.29. The number of unbranched alkanes of at least 4 members (excludes halogenated alkanes) is 1. The number of hydrogen-bond acceptors (Lipinski definition) is 3. The first kappa shape index (κ1) is 12.7. The van der Waals surface area contributed by atoms with Crippen molar-refractivity contribution in [2.45, 2.75) is 25.5 Å². The molecule has 0 saturated carbocycles. The Labute approximate surface area is 94.9 Å². The molecule has 0 saturated heterocycles. The maximum absolute atomic E-state index is 10.3. The van der Waals surface area contributed by atoms with Crippen molar-refractivity contribution in [3.63, 3.8) is 0 Å². The van der Waals surface area contributed by atoms with Gasteiger partial charge in [-0.25, -0.2) is 4.79 Å². The van der Waals surface area contributed by atoms with Crippen molar-refractivity contribution < 1.29 is 15.0 Å². The molecule has 88 valence electrons. The summed E-state index contributed by atoms with van der Waals surface area (Å²) in [7, 11) is 0. The minimum absolute atomic E-state index is 0.514. The summed E-state index contributed by atoms with van der Waals surface area (Å²) >= 11 is 0. The summed E-state index contributed by atoms with van der Waals surface area (Å²) in [5.41, 5.74) is 1.28. The lowest BCUT2D eigenvalue weighted by Gasteiger charge is -2.07. The number of carboxylic acids is 1. The van der Waals surface area contributed by atoms with Gasteiger partial charge in [0.1, 0.15) is 0 Å². The van der Waals surface area contributed by atoms with Gasteiger partial charge in [-0.05, 0) is 31.4 Å². The van der Waals surface area contributed by atoms with Gasteiger partial charge in [-0.15, -0.1) is 0 Å². The number of aliphatic hydroxyl groups excluding tert-OH is 1. The van der Waals surface area contributed by atoms with Gasteiger partial charge in [0.2, 0.25) is 6.23 Å². The number of nitrogens with one attached hydrogen (secondary N) is 1. The van der Waals surface area contributed by atoms with Crippen LogP contribution in [0.4, 0.5) is 0 Å². The Morgan fingerprint density at radius 1 is 1.25 bits per heavy atom. The maximum Gasteiger partial charge on any atom is 0.347 e. The topological polar surface area (TPSA) is 69.6 Å². The first-order chi connectivity index (χ1) is 7.70. The summed E-state index contributed by atoms with van der Waals surface area (Å²) in [4.78, 5) is 10.3. The normalized spacial score (nSPS) is 12.3. The van der Waals surface area contributed by atoms with E-state index in [9.17, 15) is 4.79 Å². The second kappa shape index (κ2) is 6.98. The van der Waals surface area contributed by atoms with E-state index in [4.69, 9.17) is 10.2 Å². The van der Waals surface area contributed by atoms with E-state index in [-0.39, 0.29) is 0 Å². The van der Waals surface area contributed by atoms with Crippen molar-refractivity contribution in [1.29, 1.82) is 0 Å². The van der Waals surface area contributed by atoms with Crippen LogP contribution in [0.25, 0.3) is 0 Å². The van der Waals surface area contributed by atoms with Crippen LogP contribution in [0.1, 0.15) is 18.4 Å². The molecule has 0 radical (unpaired) electrons. The van der Waals surface area contributed by atoms with E-state index in [0.29, 0.717) is 6.54 Å². The number of hydrogen-bond donors (Lipinski definition) is 3. The van der Waals surface area contributed by atoms with Crippen molar-refractivity contribution in [2.24, 2.45) is 0 Å². The Balaban J connectivity index is 2.07. The molecular formula is C12H17NO3. The summed E-state index contributed by atoms with van der Waals surface area (Å²) < 4.78 is 0. The fourth-order valence-electron chi connectivity index (χ4n) is 1.42. The molecule has 1 aromatic carbocycles. The molecule has 3 N–H and O–H groups in total. The molecule has 0 aliphatic heterocycles. The van der Waals surface area contributed by atoms with Gasteiger partial charge in [0.25, 0.3) is 0 Å². The van der Waals surface area contributed by atoms with E-state index >= 15 is 0 Å². The third-order valence-electron chi connectivity index (χ3n) is 2.31. The molecule has 0 fully saturated rings. The van der Waals surface area contributed by atoms with Crippen molar-refractivity contribution in [2.75, 3.05) is 6.54 Å². The second-order valence-electron chi connectivity index (χ2n) is 3.64. The highest BCUT2D eigenvalue weighted by Crippen LogP contribution is 2.03. The fraction of sp³-hybridized carbons (Fsp3) is 0.417. The SMILES string of the molecule is O=C(O)C(O)NCCCCc1ccccc1. The van der Waals surface area contributed by atoms with Crippen LogP contribution in [0.2, 0.25) is 0 Å². The van der Waals surface area contributed by atoms with Gasteiger partial charge in [0.15, 0.2) is 0 Å². The first-order valence-corrected chi connectivity index (χ1v) is 5.38. The zero-order valence-corrected chi connectivity index (χ0v) is 9.10. The third-order valence-corrected chi connectivity index (χ3v) is 2.31. The second-order valence-corrected chi connectivity index (χ2v) is 3.64. The minimum atomic E-state index is -1.45.